The van der Waals surface area contributed by atoms with Gasteiger partial charge in [0.05, 0.1) is 0 Å². The molecule has 10 heavy (non-hydrogen) atoms. The third kappa shape index (κ3) is 2.04. The first-order chi connectivity index (χ1) is 4.72. The lowest BCUT2D eigenvalue weighted by Crippen LogP contribution is -2.41. The van der Waals surface area contributed by atoms with Crippen LogP contribution in [0.25, 0.3) is 0 Å². The van der Waals surface area contributed by atoms with Crippen molar-refractivity contribution in [1.82, 2.24) is 4.90 Å². The Labute approximate surface area is 77.0 Å². The first kappa shape index (κ1) is 8.68. The van der Waals surface area contributed by atoms with Gasteiger partial charge in [-0.2, -0.15) is 11.8 Å². The summed E-state index contributed by atoms with van der Waals surface area (Å²) in [5.74, 6) is 2.37. The fraction of sp³-hybridized carbons (Fsp3) is 0.833. The van der Waals surface area contributed by atoms with Crippen LogP contribution in [-0.2, 0) is 0 Å². The Kier molecular flexibility index (Phi) is 3.33. The highest BCUT2D eigenvalue weighted by atomic mass is 32.2. The summed E-state index contributed by atoms with van der Waals surface area (Å²) < 4.78 is 0.743. The quantitative estimate of drug-likeness (QED) is 0.460. The first-order valence-corrected chi connectivity index (χ1v) is 5.30. The van der Waals surface area contributed by atoms with E-state index in [0.29, 0.717) is 6.04 Å². The van der Waals surface area contributed by atoms with E-state index in [0.717, 1.165) is 10.9 Å². The molecule has 1 heterocycles. The van der Waals surface area contributed by atoms with Gasteiger partial charge in [0.2, 0.25) is 0 Å². The zero-order valence-electron chi connectivity index (χ0n) is 5.91. The third-order valence-corrected chi connectivity index (χ3v) is 3.29. The van der Waals surface area contributed by atoms with Crippen molar-refractivity contribution < 1.29 is 0 Å². The summed E-state index contributed by atoms with van der Waals surface area (Å²) >= 11 is 11.1. The van der Waals surface area contributed by atoms with Crippen LogP contribution in [0.4, 0.5) is 0 Å². The standard InChI is InChI=1S/C6H11NS3/c1-5-4-10-3-2-7(5)6(8)9/h5H,2-4H2,1H3,(H,8,9). The summed E-state index contributed by atoms with van der Waals surface area (Å²) in [6.07, 6.45) is 0. The molecule has 0 aliphatic carbocycles. The smallest absolute Gasteiger partial charge is 0.133 e. The molecule has 1 saturated heterocycles. The summed E-state index contributed by atoms with van der Waals surface area (Å²) in [4.78, 5) is 2.18. The summed E-state index contributed by atoms with van der Waals surface area (Å²) in [7, 11) is 0. The monoisotopic (exact) mass is 193 g/mol. The largest absolute Gasteiger partial charge is 0.353 e. The van der Waals surface area contributed by atoms with Gasteiger partial charge in [0.25, 0.3) is 0 Å². The maximum atomic E-state index is 4.97. The highest BCUT2D eigenvalue weighted by molar-refractivity contribution is 8.11. The first-order valence-electron chi connectivity index (χ1n) is 3.29. The molecular weight excluding hydrogens is 182 g/mol. The van der Waals surface area contributed by atoms with Gasteiger partial charge in [-0.25, -0.2) is 0 Å². The van der Waals surface area contributed by atoms with Crippen molar-refractivity contribution in [2.24, 2.45) is 0 Å². The predicted molar refractivity (Wildman–Crippen MR) is 55.1 cm³/mol. The molecule has 0 bridgehead atoms. The summed E-state index contributed by atoms with van der Waals surface area (Å²) in [6, 6.07) is 0.573. The number of thiol groups is 1. The van der Waals surface area contributed by atoms with E-state index in [1.165, 1.54) is 11.5 Å². The van der Waals surface area contributed by atoms with Crippen molar-refractivity contribution in [2.75, 3.05) is 18.1 Å². The molecule has 0 aromatic rings. The van der Waals surface area contributed by atoms with E-state index in [2.05, 4.69) is 24.5 Å². The topological polar surface area (TPSA) is 3.24 Å². The molecule has 1 nitrogen and oxygen atoms in total. The van der Waals surface area contributed by atoms with Crippen LogP contribution in [0, 0.1) is 0 Å². The van der Waals surface area contributed by atoms with Gasteiger partial charge < -0.3 is 4.90 Å². The highest BCUT2D eigenvalue weighted by Gasteiger charge is 2.18. The number of rotatable bonds is 0. The average Bonchev–Trinajstić information content (AvgIpc) is 1.88. The lowest BCUT2D eigenvalue weighted by Gasteiger charge is -2.33. The summed E-state index contributed by atoms with van der Waals surface area (Å²) in [5.41, 5.74) is 0. The number of thiocarbonyl (C=S) groups is 1. The van der Waals surface area contributed by atoms with Gasteiger partial charge in [0.1, 0.15) is 4.32 Å². The van der Waals surface area contributed by atoms with Crippen LogP contribution in [0.3, 0.4) is 0 Å². The minimum absolute atomic E-state index is 0.573. The minimum atomic E-state index is 0.573. The predicted octanol–water partition coefficient (Wildman–Crippen LogP) is 1.64. The molecule has 0 N–H and O–H groups in total. The van der Waals surface area contributed by atoms with Crippen LogP contribution in [0.1, 0.15) is 6.92 Å². The van der Waals surface area contributed by atoms with Crippen molar-refractivity contribution in [2.45, 2.75) is 13.0 Å². The zero-order valence-corrected chi connectivity index (χ0v) is 8.44. The second-order valence-corrected chi connectivity index (χ2v) is 4.66. The zero-order chi connectivity index (χ0) is 7.56. The minimum Gasteiger partial charge on any atom is -0.353 e. The molecule has 1 aliphatic rings. The Balaban J connectivity index is 2.47. The molecule has 0 radical (unpaired) electrons. The number of thioether (sulfide) groups is 1. The van der Waals surface area contributed by atoms with E-state index in [1.54, 1.807) is 0 Å². The summed E-state index contributed by atoms with van der Waals surface area (Å²) in [6.45, 7) is 3.25. The van der Waals surface area contributed by atoms with E-state index in [9.17, 15) is 0 Å². The molecule has 0 aromatic heterocycles. The van der Waals surface area contributed by atoms with Gasteiger partial charge in [0.15, 0.2) is 0 Å². The van der Waals surface area contributed by atoms with Crippen molar-refractivity contribution in [3.63, 3.8) is 0 Å². The van der Waals surface area contributed by atoms with Gasteiger partial charge in [-0.15, -0.1) is 12.6 Å². The molecule has 0 saturated carbocycles. The van der Waals surface area contributed by atoms with Crippen LogP contribution >= 0.6 is 36.6 Å². The fourth-order valence-corrected chi connectivity index (χ4v) is 2.59. The Hall–Kier alpha value is 0.590. The second kappa shape index (κ2) is 3.83. The lowest BCUT2D eigenvalue weighted by molar-refractivity contribution is 0.378. The Morgan fingerprint density at radius 2 is 2.50 bits per heavy atom. The van der Waals surface area contributed by atoms with E-state index in [4.69, 9.17) is 12.2 Å². The molecule has 1 rings (SSSR count). The molecule has 4 heteroatoms. The molecule has 1 unspecified atom stereocenters. The Morgan fingerprint density at radius 1 is 1.80 bits per heavy atom. The normalized spacial score (nSPS) is 26.6. The molecule has 58 valence electrons. The number of hydrogen-bond donors (Lipinski definition) is 1. The number of nitrogens with zero attached hydrogens (tertiary/aromatic N) is 1. The van der Waals surface area contributed by atoms with E-state index >= 15 is 0 Å². The molecular formula is C6H11NS3. The number of hydrogen-bond acceptors (Lipinski definition) is 2. The van der Waals surface area contributed by atoms with E-state index in [-0.39, 0.29) is 0 Å². The third-order valence-electron chi connectivity index (χ3n) is 1.61. The van der Waals surface area contributed by atoms with Crippen molar-refractivity contribution in [1.29, 1.82) is 0 Å². The van der Waals surface area contributed by atoms with Crippen LogP contribution in [-0.4, -0.2) is 33.3 Å². The Morgan fingerprint density at radius 3 is 2.90 bits per heavy atom. The van der Waals surface area contributed by atoms with Crippen LogP contribution in [0.15, 0.2) is 0 Å². The average molecular weight is 193 g/mol. The van der Waals surface area contributed by atoms with Gasteiger partial charge in [-0.1, -0.05) is 12.2 Å². The second-order valence-electron chi connectivity index (χ2n) is 2.40. The summed E-state index contributed by atoms with van der Waals surface area (Å²) in [5, 5.41) is 0. The van der Waals surface area contributed by atoms with Crippen molar-refractivity contribution in [3.8, 4) is 0 Å². The molecule has 1 atom stereocenters. The lowest BCUT2D eigenvalue weighted by atomic mass is 10.3. The Bertz CT molecular complexity index is 137. The van der Waals surface area contributed by atoms with Crippen molar-refractivity contribution >= 4 is 40.9 Å². The van der Waals surface area contributed by atoms with Crippen molar-refractivity contribution in [3.05, 3.63) is 0 Å². The van der Waals surface area contributed by atoms with Crippen LogP contribution in [0.2, 0.25) is 0 Å². The van der Waals surface area contributed by atoms with Crippen LogP contribution in [0.5, 0.6) is 0 Å². The molecule has 0 aromatic carbocycles. The molecule has 0 amide bonds. The molecule has 1 aliphatic heterocycles. The van der Waals surface area contributed by atoms with E-state index < -0.39 is 0 Å². The van der Waals surface area contributed by atoms with Gasteiger partial charge in [-0.05, 0) is 6.92 Å². The fourth-order valence-electron chi connectivity index (χ4n) is 1.01. The van der Waals surface area contributed by atoms with Crippen LogP contribution < -0.4 is 0 Å². The van der Waals surface area contributed by atoms with Gasteiger partial charge in [-0.3, -0.25) is 0 Å². The maximum absolute atomic E-state index is 4.97. The molecule has 0 spiro atoms. The molecule has 1 fully saturated rings. The van der Waals surface area contributed by atoms with Gasteiger partial charge >= 0.3 is 0 Å². The highest BCUT2D eigenvalue weighted by Crippen LogP contribution is 2.17. The van der Waals surface area contributed by atoms with Gasteiger partial charge in [0, 0.05) is 24.1 Å². The SMILES string of the molecule is CC1CSCCN1C(=S)S. The maximum Gasteiger partial charge on any atom is 0.133 e. The van der Waals surface area contributed by atoms with E-state index in [1.807, 2.05) is 11.8 Å².